The summed E-state index contributed by atoms with van der Waals surface area (Å²) in [7, 11) is -4.21. The number of sulfonamides is 1. The first-order valence-electron chi connectivity index (χ1n) is 12.2. The molecule has 10 heteroatoms. The molecule has 0 saturated carbocycles. The van der Waals surface area contributed by atoms with Crippen molar-refractivity contribution in [1.29, 1.82) is 0 Å². The van der Waals surface area contributed by atoms with E-state index in [0.717, 1.165) is 5.56 Å². The maximum atomic E-state index is 13.9. The Morgan fingerprint density at radius 2 is 1.63 bits per heavy atom. The second kappa shape index (κ2) is 11.8. The van der Waals surface area contributed by atoms with Crippen molar-refractivity contribution < 1.29 is 22.8 Å². The van der Waals surface area contributed by atoms with Crippen LogP contribution < -0.4 is 5.32 Å². The Balaban J connectivity index is 1.71. The minimum atomic E-state index is -4.21. The van der Waals surface area contributed by atoms with Crippen LogP contribution in [0.5, 0.6) is 0 Å². The third-order valence-electron chi connectivity index (χ3n) is 6.31. The zero-order chi connectivity index (χ0) is 27.3. The van der Waals surface area contributed by atoms with Crippen LogP contribution in [-0.2, 0) is 32.6 Å². The van der Waals surface area contributed by atoms with E-state index in [9.17, 15) is 22.8 Å². The Morgan fingerprint density at radius 3 is 2.32 bits per heavy atom. The van der Waals surface area contributed by atoms with Crippen molar-refractivity contribution >= 4 is 39.3 Å². The maximum absolute atomic E-state index is 13.9. The zero-order valence-corrected chi connectivity index (χ0v) is 22.4. The van der Waals surface area contributed by atoms with Gasteiger partial charge in [-0.25, -0.2) is 12.7 Å². The highest BCUT2D eigenvalue weighted by molar-refractivity contribution is 7.90. The summed E-state index contributed by atoms with van der Waals surface area (Å²) in [6, 6.07) is 21.0. The highest BCUT2D eigenvalue weighted by atomic mass is 35.5. The molecular weight excluding hydrogens is 526 g/mol. The highest BCUT2D eigenvalue weighted by Crippen LogP contribution is 2.30. The first-order valence-corrected chi connectivity index (χ1v) is 14.1. The van der Waals surface area contributed by atoms with Crippen LogP contribution in [-0.4, -0.2) is 54.5 Å². The van der Waals surface area contributed by atoms with Crippen LogP contribution in [0, 0.1) is 0 Å². The molecule has 3 aromatic rings. The van der Waals surface area contributed by atoms with Crippen molar-refractivity contribution in [3.05, 3.63) is 101 Å². The molecule has 1 heterocycles. The molecule has 3 amide bonds. The normalized spacial score (nSPS) is 14.6. The molecule has 38 heavy (non-hydrogen) atoms. The molecular formula is C28H28ClN3O5S. The number of benzene rings is 3. The van der Waals surface area contributed by atoms with Crippen LogP contribution in [0.4, 0.5) is 0 Å². The van der Waals surface area contributed by atoms with Crippen LogP contribution in [0.3, 0.4) is 0 Å². The van der Waals surface area contributed by atoms with E-state index in [1.165, 1.54) is 23.1 Å². The summed E-state index contributed by atoms with van der Waals surface area (Å²) in [5.74, 6) is -1.85. The van der Waals surface area contributed by atoms with Crippen LogP contribution in [0.1, 0.15) is 34.8 Å². The molecule has 8 nitrogen and oxygen atoms in total. The standard InChI is InChI=1S/C28H28ClN3O5S/c1-2-16-30-27(34)24(17-20-10-4-3-5-11-20)31(18-21-12-6-8-14-23(21)29)26(33)19-32-28(35)22-13-7-9-15-25(22)38(32,36)37/h3-15,24H,2,16-19H2,1H3,(H,30,34). The highest BCUT2D eigenvalue weighted by Gasteiger charge is 2.43. The van der Waals surface area contributed by atoms with Crippen LogP contribution in [0.15, 0.2) is 83.8 Å². The Kier molecular flexibility index (Phi) is 8.48. The lowest BCUT2D eigenvalue weighted by Crippen LogP contribution is -2.53. The fourth-order valence-electron chi connectivity index (χ4n) is 4.33. The molecule has 198 valence electrons. The quantitative estimate of drug-likeness (QED) is 0.413. The minimum absolute atomic E-state index is 0.0134. The molecule has 0 fully saturated rings. The SMILES string of the molecule is CCCNC(=O)C(Cc1ccccc1)N(Cc1ccccc1Cl)C(=O)CN1C(=O)c2ccccc2S1(=O)=O. The van der Waals surface area contributed by atoms with Crippen LogP contribution >= 0.6 is 11.6 Å². The molecule has 0 aliphatic carbocycles. The van der Waals surface area contributed by atoms with Crippen molar-refractivity contribution in [3.8, 4) is 0 Å². The van der Waals surface area contributed by atoms with Gasteiger partial charge in [-0.1, -0.05) is 79.2 Å². The summed E-state index contributed by atoms with van der Waals surface area (Å²) in [4.78, 5) is 41.4. The maximum Gasteiger partial charge on any atom is 0.269 e. The second-order valence-electron chi connectivity index (χ2n) is 8.92. The van der Waals surface area contributed by atoms with Gasteiger partial charge >= 0.3 is 0 Å². The second-order valence-corrected chi connectivity index (χ2v) is 11.2. The zero-order valence-electron chi connectivity index (χ0n) is 20.8. The van der Waals surface area contributed by atoms with Gasteiger partial charge in [-0.3, -0.25) is 14.4 Å². The number of halogens is 1. The number of rotatable bonds is 10. The Morgan fingerprint density at radius 1 is 0.974 bits per heavy atom. The predicted molar refractivity (Wildman–Crippen MR) is 144 cm³/mol. The van der Waals surface area contributed by atoms with Gasteiger partial charge in [0, 0.05) is 24.5 Å². The molecule has 1 aliphatic heterocycles. The van der Waals surface area contributed by atoms with Crippen molar-refractivity contribution in [1.82, 2.24) is 14.5 Å². The summed E-state index contributed by atoms with van der Waals surface area (Å²) in [6.07, 6.45) is 0.883. The van der Waals surface area contributed by atoms with Gasteiger partial charge in [0.25, 0.3) is 15.9 Å². The summed E-state index contributed by atoms with van der Waals surface area (Å²) in [6.45, 7) is 1.53. The lowest BCUT2D eigenvalue weighted by molar-refractivity contribution is -0.141. The molecule has 3 aromatic carbocycles. The summed E-state index contributed by atoms with van der Waals surface area (Å²) >= 11 is 6.40. The Labute approximate surface area is 227 Å². The largest absolute Gasteiger partial charge is 0.354 e. The first-order chi connectivity index (χ1) is 18.2. The molecule has 1 unspecified atom stereocenters. The van der Waals surface area contributed by atoms with Crippen LogP contribution in [0.25, 0.3) is 0 Å². The number of carbonyl (C=O) groups is 3. The molecule has 1 atom stereocenters. The topological polar surface area (TPSA) is 104 Å². The van der Waals surface area contributed by atoms with Gasteiger partial charge in [-0.15, -0.1) is 0 Å². The summed E-state index contributed by atoms with van der Waals surface area (Å²) in [5, 5.41) is 3.25. The van der Waals surface area contributed by atoms with Gasteiger partial charge in [-0.2, -0.15) is 0 Å². The number of amides is 3. The average molecular weight is 554 g/mol. The number of nitrogens with zero attached hydrogens (tertiary/aromatic N) is 2. The third-order valence-corrected chi connectivity index (χ3v) is 8.47. The molecule has 0 spiro atoms. The van der Waals surface area contributed by atoms with E-state index in [2.05, 4.69) is 5.32 Å². The van der Waals surface area contributed by atoms with Gasteiger partial charge in [0.05, 0.1) is 5.56 Å². The Bertz CT molecular complexity index is 1450. The van der Waals surface area contributed by atoms with Crippen molar-refractivity contribution in [2.45, 2.75) is 37.2 Å². The van der Waals surface area contributed by atoms with E-state index in [1.807, 2.05) is 37.3 Å². The molecule has 4 rings (SSSR count). The van der Waals surface area contributed by atoms with Gasteiger partial charge in [0.2, 0.25) is 11.8 Å². The summed E-state index contributed by atoms with van der Waals surface area (Å²) in [5.41, 5.74) is 1.42. The lowest BCUT2D eigenvalue weighted by Gasteiger charge is -2.32. The van der Waals surface area contributed by atoms with Gasteiger partial charge in [-0.05, 0) is 35.7 Å². The predicted octanol–water partition coefficient (Wildman–Crippen LogP) is 3.65. The fraction of sp³-hybridized carbons (Fsp3) is 0.250. The van der Waals surface area contributed by atoms with E-state index in [0.29, 0.717) is 27.9 Å². The van der Waals surface area contributed by atoms with E-state index >= 15 is 0 Å². The van der Waals surface area contributed by atoms with Gasteiger partial charge in [0.1, 0.15) is 17.5 Å². The number of nitrogens with one attached hydrogen (secondary N) is 1. The molecule has 1 N–H and O–H groups in total. The smallest absolute Gasteiger partial charge is 0.269 e. The first kappa shape index (κ1) is 27.3. The van der Waals surface area contributed by atoms with E-state index in [4.69, 9.17) is 11.6 Å². The monoisotopic (exact) mass is 553 g/mol. The number of hydrogen-bond acceptors (Lipinski definition) is 5. The van der Waals surface area contributed by atoms with Crippen molar-refractivity contribution in [2.75, 3.05) is 13.1 Å². The number of fused-ring (bicyclic) bond motifs is 1. The summed E-state index contributed by atoms with van der Waals surface area (Å²) < 4.78 is 26.8. The Hall–Kier alpha value is -3.69. The molecule has 0 bridgehead atoms. The van der Waals surface area contributed by atoms with E-state index in [1.54, 1.807) is 30.3 Å². The van der Waals surface area contributed by atoms with E-state index < -0.39 is 34.4 Å². The average Bonchev–Trinajstić information content (AvgIpc) is 3.11. The molecule has 1 aliphatic rings. The third kappa shape index (κ3) is 5.74. The van der Waals surface area contributed by atoms with Gasteiger partial charge < -0.3 is 10.2 Å². The van der Waals surface area contributed by atoms with Crippen molar-refractivity contribution in [3.63, 3.8) is 0 Å². The molecule has 0 radical (unpaired) electrons. The molecule has 0 saturated heterocycles. The number of hydrogen-bond donors (Lipinski definition) is 1. The van der Waals surface area contributed by atoms with Crippen molar-refractivity contribution in [2.24, 2.45) is 0 Å². The minimum Gasteiger partial charge on any atom is -0.354 e. The van der Waals surface area contributed by atoms with Crippen LogP contribution in [0.2, 0.25) is 5.02 Å². The molecule has 0 aromatic heterocycles. The van der Waals surface area contributed by atoms with Gasteiger partial charge in [0.15, 0.2) is 0 Å². The fourth-order valence-corrected chi connectivity index (χ4v) is 6.04. The number of carbonyl (C=O) groups excluding carboxylic acids is 3. The lowest BCUT2D eigenvalue weighted by atomic mass is 10.0. The van der Waals surface area contributed by atoms with E-state index in [-0.39, 0.29) is 29.3 Å².